The maximum absolute atomic E-state index is 10.8. The van der Waals surface area contributed by atoms with Crippen molar-refractivity contribution in [2.24, 2.45) is 10.9 Å². The van der Waals surface area contributed by atoms with E-state index in [0.717, 1.165) is 0 Å². The van der Waals surface area contributed by atoms with E-state index in [9.17, 15) is 8.42 Å². The molecule has 0 rings (SSSR count). The normalized spacial score (nSPS) is 13.2. The number of oxime groups is 1. The number of nitrogens with two attached hydrogens (primary N) is 1. The molecule has 0 saturated carbocycles. The van der Waals surface area contributed by atoms with Crippen molar-refractivity contribution in [3.63, 3.8) is 0 Å². The fourth-order valence-electron chi connectivity index (χ4n) is 0.598. The molecule has 5 N–H and O–H groups in total. The average molecular weight is 210 g/mol. The SMILES string of the molecule is CNS(=O)(=O)NCCCC(N)=NO. The van der Waals surface area contributed by atoms with Crippen LogP contribution in [0.3, 0.4) is 0 Å². The van der Waals surface area contributed by atoms with Gasteiger partial charge in [0.1, 0.15) is 5.84 Å². The predicted molar refractivity (Wildman–Crippen MR) is 48.6 cm³/mol. The summed E-state index contributed by atoms with van der Waals surface area (Å²) in [5.41, 5.74) is 5.16. The molecule has 8 heteroatoms. The number of amidine groups is 1. The van der Waals surface area contributed by atoms with Gasteiger partial charge in [-0.15, -0.1) is 0 Å². The first-order chi connectivity index (χ1) is 6.02. The fraction of sp³-hybridized carbons (Fsp3) is 0.800. The second-order valence-corrected chi connectivity index (χ2v) is 4.00. The molecule has 0 aliphatic rings. The Hall–Kier alpha value is -0.860. The first kappa shape index (κ1) is 12.1. The third-order valence-corrected chi connectivity index (χ3v) is 2.42. The molecular formula is C5H14N4O3S. The van der Waals surface area contributed by atoms with Crippen molar-refractivity contribution in [3.8, 4) is 0 Å². The topological polar surface area (TPSA) is 117 Å². The van der Waals surface area contributed by atoms with Crippen molar-refractivity contribution in [3.05, 3.63) is 0 Å². The smallest absolute Gasteiger partial charge is 0.276 e. The lowest BCUT2D eigenvalue weighted by molar-refractivity contribution is 0.316. The molecule has 0 spiro atoms. The summed E-state index contributed by atoms with van der Waals surface area (Å²) in [4.78, 5) is 0. The van der Waals surface area contributed by atoms with Crippen LogP contribution in [0.15, 0.2) is 5.16 Å². The van der Waals surface area contributed by atoms with E-state index >= 15 is 0 Å². The Labute approximate surface area is 77.2 Å². The lowest BCUT2D eigenvalue weighted by atomic mass is 10.3. The first-order valence-electron chi connectivity index (χ1n) is 3.66. The minimum atomic E-state index is -3.37. The molecule has 7 nitrogen and oxygen atoms in total. The fourth-order valence-corrected chi connectivity index (χ4v) is 1.16. The van der Waals surface area contributed by atoms with Crippen LogP contribution >= 0.6 is 0 Å². The Kier molecular flexibility index (Phi) is 5.35. The minimum absolute atomic E-state index is 0.0867. The maximum atomic E-state index is 10.8. The average Bonchev–Trinajstić information content (AvgIpc) is 2.12. The second kappa shape index (κ2) is 5.73. The van der Waals surface area contributed by atoms with Gasteiger partial charge in [0.2, 0.25) is 0 Å². The van der Waals surface area contributed by atoms with Gasteiger partial charge in [0, 0.05) is 20.0 Å². The number of nitrogens with one attached hydrogen (secondary N) is 2. The molecular weight excluding hydrogens is 196 g/mol. The first-order valence-corrected chi connectivity index (χ1v) is 5.14. The monoisotopic (exact) mass is 210 g/mol. The van der Waals surface area contributed by atoms with Gasteiger partial charge in [-0.25, -0.2) is 9.44 Å². The van der Waals surface area contributed by atoms with Crippen LogP contribution in [-0.4, -0.2) is 33.1 Å². The van der Waals surface area contributed by atoms with Crippen LogP contribution in [0.5, 0.6) is 0 Å². The summed E-state index contributed by atoms with van der Waals surface area (Å²) in [5.74, 6) is 0.0867. The molecule has 0 amide bonds. The highest BCUT2D eigenvalue weighted by Gasteiger charge is 2.03. The molecule has 0 aromatic heterocycles. The highest BCUT2D eigenvalue weighted by Crippen LogP contribution is 1.87. The quantitative estimate of drug-likeness (QED) is 0.141. The molecule has 0 bridgehead atoms. The summed E-state index contributed by atoms with van der Waals surface area (Å²) in [7, 11) is -2.06. The van der Waals surface area contributed by atoms with Gasteiger partial charge in [-0.05, 0) is 6.42 Å². The number of hydrogen-bond donors (Lipinski definition) is 4. The lowest BCUT2D eigenvalue weighted by Gasteiger charge is -2.03. The molecule has 0 heterocycles. The minimum Gasteiger partial charge on any atom is -0.409 e. The summed E-state index contributed by atoms with van der Waals surface area (Å²) < 4.78 is 25.9. The standard InChI is InChI=1S/C5H14N4O3S/c1-7-13(11,12)8-4-2-3-5(6)9-10/h7-8,10H,2-4H2,1H3,(H2,6,9). The summed E-state index contributed by atoms with van der Waals surface area (Å²) >= 11 is 0. The zero-order chi connectivity index (χ0) is 10.3. The van der Waals surface area contributed by atoms with Crippen LogP contribution in [0, 0.1) is 0 Å². The van der Waals surface area contributed by atoms with Crippen molar-refractivity contribution in [1.29, 1.82) is 0 Å². The Morgan fingerprint density at radius 2 is 2.23 bits per heavy atom. The van der Waals surface area contributed by atoms with Gasteiger partial charge in [-0.2, -0.15) is 8.42 Å². The van der Waals surface area contributed by atoms with Crippen LogP contribution in [0.2, 0.25) is 0 Å². The largest absolute Gasteiger partial charge is 0.409 e. The van der Waals surface area contributed by atoms with Crippen molar-refractivity contribution < 1.29 is 13.6 Å². The molecule has 0 atom stereocenters. The Bertz CT molecular complexity index is 261. The molecule has 13 heavy (non-hydrogen) atoms. The highest BCUT2D eigenvalue weighted by molar-refractivity contribution is 7.87. The van der Waals surface area contributed by atoms with E-state index in [1.165, 1.54) is 7.05 Å². The molecule has 0 radical (unpaired) electrons. The molecule has 0 aromatic rings. The summed E-state index contributed by atoms with van der Waals surface area (Å²) in [5, 5.41) is 10.9. The van der Waals surface area contributed by atoms with Gasteiger partial charge >= 0.3 is 0 Å². The lowest BCUT2D eigenvalue weighted by Crippen LogP contribution is -2.34. The van der Waals surface area contributed by atoms with Gasteiger partial charge in [0.25, 0.3) is 10.2 Å². The van der Waals surface area contributed by atoms with E-state index < -0.39 is 10.2 Å². The van der Waals surface area contributed by atoms with E-state index in [0.29, 0.717) is 12.8 Å². The van der Waals surface area contributed by atoms with Crippen LogP contribution < -0.4 is 15.2 Å². The van der Waals surface area contributed by atoms with Gasteiger partial charge in [0.15, 0.2) is 0 Å². The van der Waals surface area contributed by atoms with Gasteiger partial charge in [-0.3, -0.25) is 0 Å². The zero-order valence-electron chi connectivity index (χ0n) is 7.32. The van der Waals surface area contributed by atoms with E-state index in [4.69, 9.17) is 10.9 Å². The molecule has 0 unspecified atom stereocenters. The van der Waals surface area contributed by atoms with E-state index in [1.54, 1.807) is 0 Å². The Morgan fingerprint density at radius 3 is 2.69 bits per heavy atom. The van der Waals surface area contributed by atoms with E-state index in [1.807, 2.05) is 0 Å². The maximum Gasteiger partial charge on any atom is 0.276 e. The van der Waals surface area contributed by atoms with E-state index in [2.05, 4.69) is 14.6 Å². The second-order valence-electron chi connectivity index (χ2n) is 2.30. The summed E-state index contributed by atoms with van der Waals surface area (Å²) in [6.45, 7) is 0.249. The van der Waals surface area contributed by atoms with Gasteiger partial charge in [0.05, 0.1) is 0 Å². The molecule has 78 valence electrons. The van der Waals surface area contributed by atoms with Crippen LogP contribution in [0.1, 0.15) is 12.8 Å². The third kappa shape index (κ3) is 6.31. The van der Waals surface area contributed by atoms with Crippen LogP contribution in [-0.2, 0) is 10.2 Å². The number of rotatable bonds is 6. The third-order valence-electron chi connectivity index (χ3n) is 1.30. The molecule has 0 aromatic carbocycles. The van der Waals surface area contributed by atoms with Crippen molar-refractivity contribution in [2.75, 3.05) is 13.6 Å². The molecule has 0 fully saturated rings. The molecule has 0 aliphatic carbocycles. The van der Waals surface area contributed by atoms with Crippen LogP contribution in [0.4, 0.5) is 0 Å². The zero-order valence-corrected chi connectivity index (χ0v) is 8.13. The van der Waals surface area contributed by atoms with Crippen molar-refractivity contribution in [1.82, 2.24) is 9.44 Å². The Balaban J connectivity index is 3.59. The number of nitrogens with zero attached hydrogens (tertiary/aromatic N) is 1. The number of hydrogen-bond acceptors (Lipinski definition) is 4. The summed E-state index contributed by atoms with van der Waals surface area (Å²) in [6.07, 6.45) is 0.833. The highest BCUT2D eigenvalue weighted by atomic mass is 32.2. The van der Waals surface area contributed by atoms with Crippen molar-refractivity contribution >= 4 is 16.0 Å². The molecule has 0 aliphatic heterocycles. The molecule has 0 saturated heterocycles. The van der Waals surface area contributed by atoms with Crippen LogP contribution in [0.25, 0.3) is 0 Å². The predicted octanol–water partition coefficient (Wildman–Crippen LogP) is -1.43. The van der Waals surface area contributed by atoms with Gasteiger partial charge in [-0.1, -0.05) is 5.16 Å². The van der Waals surface area contributed by atoms with Crippen molar-refractivity contribution in [2.45, 2.75) is 12.8 Å². The Morgan fingerprint density at radius 1 is 1.62 bits per heavy atom. The van der Waals surface area contributed by atoms with Gasteiger partial charge < -0.3 is 10.9 Å². The van der Waals surface area contributed by atoms with E-state index in [-0.39, 0.29) is 12.4 Å². The summed E-state index contributed by atoms with van der Waals surface area (Å²) in [6, 6.07) is 0.